The molecule has 3 rings (SSSR count). The highest BCUT2D eigenvalue weighted by Crippen LogP contribution is 2.22. The van der Waals surface area contributed by atoms with Gasteiger partial charge >= 0.3 is 0 Å². The first-order valence-electron chi connectivity index (χ1n) is 7.00. The van der Waals surface area contributed by atoms with E-state index in [1.807, 2.05) is 42.5 Å². The van der Waals surface area contributed by atoms with Crippen LogP contribution in [0.15, 0.2) is 60.9 Å². The molecule has 0 unspecified atom stereocenters. The molecule has 0 spiro atoms. The zero-order valence-electron chi connectivity index (χ0n) is 12.2. The zero-order valence-corrected chi connectivity index (χ0v) is 12.2. The van der Waals surface area contributed by atoms with Crippen LogP contribution in [0.25, 0.3) is 10.8 Å². The summed E-state index contributed by atoms with van der Waals surface area (Å²) in [6.45, 7) is 0.188. The number of rotatable bonds is 4. The quantitative estimate of drug-likeness (QED) is 0.803. The molecule has 1 N–H and O–H groups in total. The molecule has 0 saturated heterocycles. The molecule has 22 heavy (non-hydrogen) atoms. The standard InChI is InChI=1S/C17H16N4O/c1-21(17-18-10-5-11-19-17)12-16(22)20-15-9-4-7-13-6-2-3-8-14(13)15/h2-11H,12H2,1H3,(H,20,22). The number of anilines is 2. The van der Waals surface area contributed by atoms with E-state index in [2.05, 4.69) is 15.3 Å². The topological polar surface area (TPSA) is 58.1 Å². The van der Waals surface area contributed by atoms with Crippen LogP contribution in [0.2, 0.25) is 0 Å². The Kier molecular flexibility index (Phi) is 3.96. The van der Waals surface area contributed by atoms with E-state index >= 15 is 0 Å². The molecule has 0 aliphatic heterocycles. The van der Waals surface area contributed by atoms with Crippen LogP contribution in [-0.4, -0.2) is 29.5 Å². The average molecular weight is 292 g/mol. The van der Waals surface area contributed by atoms with Gasteiger partial charge in [-0.05, 0) is 17.5 Å². The molecule has 2 aromatic carbocycles. The van der Waals surface area contributed by atoms with E-state index in [1.54, 1.807) is 30.4 Å². The van der Waals surface area contributed by atoms with Crippen LogP contribution in [0.5, 0.6) is 0 Å². The summed E-state index contributed by atoms with van der Waals surface area (Å²) < 4.78 is 0. The van der Waals surface area contributed by atoms with Crippen LogP contribution in [0, 0.1) is 0 Å². The van der Waals surface area contributed by atoms with Gasteiger partial charge in [-0.25, -0.2) is 9.97 Å². The normalized spacial score (nSPS) is 10.4. The van der Waals surface area contributed by atoms with Crippen molar-refractivity contribution in [3.05, 3.63) is 60.9 Å². The number of likely N-dealkylation sites (N-methyl/N-ethyl adjacent to an activating group) is 1. The SMILES string of the molecule is CN(CC(=O)Nc1cccc2ccccc12)c1ncccn1. The lowest BCUT2D eigenvalue weighted by Crippen LogP contribution is -2.31. The summed E-state index contributed by atoms with van der Waals surface area (Å²) in [5.41, 5.74) is 0.811. The molecule has 0 radical (unpaired) electrons. The number of aromatic nitrogens is 2. The van der Waals surface area contributed by atoms with E-state index in [0.717, 1.165) is 16.5 Å². The Labute approximate surface area is 128 Å². The second-order valence-corrected chi connectivity index (χ2v) is 4.98. The summed E-state index contributed by atoms with van der Waals surface area (Å²) >= 11 is 0. The fourth-order valence-corrected chi connectivity index (χ4v) is 2.30. The molecule has 1 heterocycles. The van der Waals surface area contributed by atoms with Gasteiger partial charge in [0.2, 0.25) is 11.9 Å². The number of carbonyl (C=O) groups is 1. The van der Waals surface area contributed by atoms with Crippen molar-refractivity contribution in [2.24, 2.45) is 0 Å². The lowest BCUT2D eigenvalue weighted by molar-refractivity contribution is -0.114. The molecule has 0 fully saturated rings. The molecule has 0 atom stereocenters. The second kappa shape index (κ2) is 6.22. The van der Waals surface area contributed by atoms with Crippen LogP contribution >= 0.6 is 0 Å². The Morgan fingerprint density at radius 3 is 2.59 bits per heavy atom. The summed E-state index contributed by atoms with van der Waals surface area (Å²) in [6, 6.07) is 15.6. The molecule has 110 valence electrons. The monoisotopic (exact) mass is 292 g/mol. The van der Waals surface area contributed by atoms with Gasteiger partial charge in [0, 0.05) is 30.5 Å². The third-order valence-electron chi connectivity index (χ3n) is 3.34. The van der Waals surface area contributed by atoms with Crippen LogP contribution in [0.1, 0.15) is 0 Å². The number of hydrogen-bond acceptors (Lipinski definition) is 4. The maximum absolute atomic E-state index is 12.2. The van der Waals surface area contributed by atoms with Crippen LogP contribution in [-0.2, 0) is 4.79 Å². The number of carbonyl (C=O) groups excluding carboxylic acids is 1. The molecule has 5 heteroatoms. The number of nitrogens with zero attached hydrogens (tertiary/aromatic N) is 3. The minimum Gasteiger partial charge on any atom is -0.335 e. The number of hydrogen-bond donors (Lipinski definition) is 1. The molecular formula is C17H16N4O. The van der Waals surface area contributed by atoms with Crippen molar-refractivity contribution in [3.63, 3.8) is 0 Å². The molecule has 0 saturated carbocycles. The summed E-state index contributed by atoms with van der Waals surface area (Å²) in [4.78, 5) is 22.2. The highest BCUT2D eigenvalue weighted by atomic mass is 16.2. The van der Waals surface area contributed by atoms with Crippen molar-refractivity contribution in [3.8, 4) is 0 Å². The highest BCUT2D eigenvalue weighted by molar-refractivity contribution is 6.03. The summed E-state index contributed by atoms with van der Waals surface area (Å²) in [5.74, 6) is 0.418. The van der Waals surface area contributed by atoms with Crippen molar-refractivity contribution >= 4 is 28.3 Å². The first kappa shape index (κ1) is 14.0. The maximum atomic E-state index is 12.2. The zero-order chi connectivity index (χ0) is 15.4. The van der Waals surface area contributed by atoms with Crippen LogP contribution < -0.4 is 10.2 Å². The Morgan fingerprint density at radius 2 is 1.77 bits per heavy atom. The molecule has 0 aliphatic rings. The van der Waals surface area contributed by atoms with E-state index < -0.39 is 0 Å². The largest absolute Gasteiger partial charge is 0.335 e. The Morgan fingerprint density at radius 1 is 1.05 bits per heavy atom. The van der Waals surface area contributed by atoms with Crippen molar-refractivity contribution in [1.82, 2.24) is 9.97 Å². The van der Waals surface area contributed by atoms with E-state index in [4.69, 9.17) is 0 Å². The van der Waals surface area contributed by atoms with Gasteiger partial charge in [0.1, 0.15) is 0 Å². The lowest BCUT2D eigenvalue weighted by Gasteiger charge is -2.16. The number of benzene rings is 2. The summed E-state index contributed by atoms with van der Waals surface area (Å²) in [7, 11) is 1.79. The fourth-order valence-electron chi connectivity index (χ4n) is 2.30. The smallest absolute Gasteiger partial charge is 0.244 e. The van der Waals surface area contributed by atoms with Gasteiger partial charge in [0.15, 0.2) is 0 Å². The minimum absolute atomic E-state index is 0.105. The van der Waals surface area contributed by atoms with Crippen molar-refractivity contribution in [2.75, 3.05) is 23.8 Å². The number of nitrogens with one attached hydrogen (secondary N) is 1. The van der Waals surface area contributed by atoms with Gasteiger partial charge in [0.25, 0.3) is 0 Å². The number of fused-ring (bicyclic) bond motifs is 1. The van der Waals surface area contributed by atoms with Crippen LogP contribution in [0.3, 0.4) is 0 Å². The van der Waals surface area contributed by atoms with Gasteiger partial charge < -0.3 is 10.2 Å². The van der Waals surface area contributed by atoms with Gasteiger partial charge in [0.05, 0.1) is 6.54 Å². The van der Waals surface area contributed by atoms with Gasteiger partial charge in [-0.1, -0.05) is 36.4 Å². The van der Waals surface area contributed by atoms with Gasteiger partial charge in [-0.15, -0.1) is 0 Å². The van der Waals surface area contributed by atoms with E-state index in [-0.39, 0.29) is 12.5 Å². The third kappa shape index (κ3) is 3.03. The molecule has 1 amide bonds. The van der Waals surface area contributed by atoms with Crippen molar-refractivity contribution in [1.29, 1.82) is 0 Å². The Hall–Kier alpha value is -2.95. The van der Waals surface area contributed by atoms with E-state index in [0.29, 0.717) is 5.95 Å². The van der Waals surface area contributed by atoms with Crippen molar-refractivity contribution < 1.29 is 4.79 Å². The molecule has 3 aromatic rings. The predicted molar refractivity (Wildman–Crippen MR) is 87.9 cm³/mol. The van der Waals surface area contributed by atoms with Gasteiger partial charge in [-0.3, -0.25) is 4.79 Å². The molecule has 5 nitrogen and oxygen atoms in total. The minimum atomic E-state index is -0.105. The average Bonchev–Trinajstić information content (AvgIpc) is 2.56. The first-order chi connectivity index (χ1) is 10.7. The lowest BCUT2D eigenvalue weighted by atomic mass is 10.1. The van der Waals surface area contributed by atoms with Crippen molar-refractivity contribution in [2.45, 2.75) is 0 Å². The number of amides is 1. The predicted octanol–water partition coefficient (Wildman–Crippen LogP) is 2.70. The van der Waals surface area contributed by atoms with E-state index in [1.165, 1.54) is 0 Å². The second-order valence-electron chi connectivity index (χ2n) is 4.98. The van der Waals surface area contributed by atoms with E-state index in [9.17, 15) is 4.79 Å². The summed E-state index contributed by atoms with van der Waals surface area (Å²) in [6.07, 6.45) is 3.31. The van der Waals surface area contributed by atoms with Gasteiger partial charge in [-0.2, -0.15) is 0 Å². The fraction of sp³-hybridized carbons (Fsp3) is 0.118. The molecular weight excluding hydrogens is 276 g/mol. The Balaban J connectivity index is 1.74. The van der Waals surface area contributed by atoms with Crippen LogP contribution in [0.4, 0.5) is 11.6 Å². The molecule has 0 bridgehead atoms. The maximum Gasteiger partial charge on any atom is 0.244 e. The first-order valence-corrected chi connectivity index (χ1v) is 7.00. The molecule has 0 aliphatic carbocycles. The Bertz CT molecular complexity index is 784. The molecule has 1 aromatic heterocycles. The third-order valence-corrected chi connectivity index (χ3v) is 3.34. The summed E-state index contributed by atoms with van der Waals surface area (Å²) in [5, 5.41) is 5.07. The highest BCUT2D eigenvalue weighted by Gasteiger charge is 2.10.